The molecule has 0 bridgehead atoms. The number of aromatic nitrogens is 1. The molecule has 5 nitrogen and oxygen atoms in total. The fraction of sp³-hybridized carbons (Fsp3) is 0.522. The zero-order valence-corrected chi connectivity index (χ0v) is 17.3. The van der Waals surface area contributed by atoms with Crippen LogP contribution in [0.15, 0.2) is 36.5 Å². The second kappa shape index (κ2) is 6.26. The highest BCUT2D eigenvalue weighted by Gasteiger charge is 2.54. The number of hydrogen-bond acceptors (Lipinski definition) is 3. The van der Waals surface area contributed by atoms with E-state index in [0.717, 1.165) is 61.6 Å². The Labute approximate surface area is 176 Å². The Balaban J connectivity index is 1.25. The highest BCUT2D eigenvalue weighted by atomic mass is 35.5. The SMILES string of the molecule is O=C(C1CCC1)N1CCC2(CC1)C[C@]1(CO2)Nc2cc(Cl)ccc2-n2cccc21. The average Bonchev–Trinajstić information content (AvgIpc) is 3.28. The number of halogens is 1. The highest BCUT2D eigenvalue weighted by molar-refractivity contribution is 6.31. The molecule has 4 aliphatic rings. The summed E-state index contributed by atoms with van der Waals surface area (Å²) in [6.07, 6.45) is 8.22. The van der Waals surface area contributed by atoms with Crippen molar-refractivity contribution in [2.75, 3.05) is 25.0 Å². The standard InChI is InChI=1S/C23H26ClN3O2/c24-17-6-7-19-18(13-17)25-23(20-5-2-10-27(19)20)14-22(29-15-23)8-11-26(12-9-22)21(28)16-3-1-4-16/h2,5-7,10,13,16,25H,1,3-4,8-9,11-12,14-15H2/t23-/m1/s1. The summed E-state index contributed by atoms with van der Waals surface area (Å²) in [7, 11) is 0. The van der Waals surface area contributed by atoms with Gasteiger partial charge in [-0.2, -0.15) is 0 Å². The van der Waals surface area contributed by atoms with Gasteiger partial charge in [-0.25, -0.2) is 0 Å². The van der Waals surface area contributed by atoms with E-state index in [1.54, 1.807) is 0 Å². The van der Waals surface area contributed by atoms with Gasteiger partial charge in [-0.1, -0.05) is 18.0 Å². The van der Waals surface area contributed by atoms with Gasteiger partial charge in [0.25, 0.3) is 0 Å². The molecule has 0 unspecified atom stereocenters. The minimum Gasteiger partial charge on any atom is -0.372 e. The molecule has 1 amide bonds. The molecule has 152 valence electrons. The Kier molecular flexibility index (Phi) is 3.85. The predicted octanol–water partition coefficient (Wildman–Crippen LogP) is 4.33. The number of nitrogens with zero attached hydrogens (tertiary/aromatic N) is 2. The van der Waals surface area contributed by atoms with E-state index in [9.17, 15) is 4.79 Å². The largest absolute Gasteiger partial charge is 0.372 e. The summed E-state index contributed by atoms with van der Waals surface area (Å²) in [6, 6.07) is 10.3. The van der Waals surface area contributed by atoms with Crippen molar-refractivity contribution in [3.05, 3.63) is 47.2 Å². The monoisotopic (exact) mass is 411 g/mol. The van der Waals surface area contributed by atoms with E-state index in [2.05, 4.69) is 39.2 Å². The number of benzene rings is 1. The lowest BCUT2D eigenvalue weighted by Gasteiger charge is -2.42. The van der Waals surface area contributed by atoms with Crippen molar-refractivity contribution in [2.24, 2.45) is 5.92 Å². The van der Waals surface area contributed by atoms with Crippen LogP contribution in [-0.2, 0) is 15.1 Å². The molecule has 0 radical (unpaired) electrons. The van der Waals surface area contributed by atoms with Crippen LogP contribution in [0.1, 0.15) is 44.2 Å². The van der Waals surface area contributed by atoms with E-state index in [4.69, 9.17) is 16.3 Å². The first-order valence-corrected chi connectivity index (χ1v) is 11.1. The van der Waals surface area contributed by atoms with Crippen LogP contribution in [0.4, 0.5) is 5.69 Å². The van der Waals surface area contributed by atoms with Crippen LogP contribution in [0.2, 0.25) is 5.02 Å². The smallest absolute Gasteiger partial charge is 0.225 e. The molecule has 2 spiro atoms. The van der Waals surface area contributed by atoms with Crippen molar-refractivity contribution >= 4 is 23.2 Å². The lowest BCUT2D eigenvalue weighted by Crippen LogP contribution is -2.50. The summed E-state index contributed by atoms with van der Waals surface area (Å²) in [5, 5.41) is 4.52. The Morgan fingerprint density at radius 2 is 2.03 bits per heavy atom. The van der Waals surface area contributed by atoms with Crippen molar-refractivity contribution in [3.8, 4) is 5.69 Å². The predicted molar refractivity (Wildman–Crippen MR) is 113 cm³/mol. The van der Waals surface area contributed by atoms with Crippen LogP contribution in [0, 0.1) is 5.92 Å². The molecule has 4 heterocycles. The summed E-state index contributed by atoms with van der Waals surface area (Å²) >= 11 is 6.28. The summed E-state index contributed by atoms with van der Waals surface area (Å²) in [4.78, 5) is 14.7. The van der Waals surface area contributed by atoms with Crippen LogP contribution in [0.3, 0.4) is 0 Å². The molecule has 1 saturated carbocycles. The van der Waals surface area contributed by atoms with E-state index >= 15 is 0 Å². The number of anilines is 1. The number of fused-ring (bicyclic) bond motifs is 4. The normalized spacial score (nSPS) is 27.4. The Hall–Kier alpha value is -1.98. The molecule has 3 fully saturated rings. The van der Waals surface area contributed by atoms with Crippen molar-refractivity contribution < 1.29 is 9.53 Å². The van der Waals surface area contributed by atoms with Gasteiger partial charge in [0.15, 0.2) is 0 Å². The van der Waals surface area contributed by atoms with Gasteiger partial charge in [-0.15, -0.1) is 0 Å². The first kappa shape index (κ1) is 17.8. The number of rotatable bonds is 1. The molecule has 2 aromatic rings. The zero-order valence-electron chi connectivity index (χ0n) is 16.5. The molecule has 3 aliphatic heterocycles. The summed E-state index contributed by atoms with van der Waals surface area (Å²) in [6.45, 7) is 2.27. The van der Waals surface area contributed by atoms with E-state index in [1.165, 1.54) is 12.1 Å². The number of nitrogens with one attached hydrogen (secondary N) is 1. The van der Waals surface area contributed by atoms with Crippen LogP contribution in [-0.4, -0.2) is 40.7 Å². The number of likely N-dealkylation sites (tertiary alicyclic amines) is 1. The molecule has 6 rings (SSSR count). The van der Waals surface area contributed by atoms with Gasteiger partial charge in [-0.05, 0) is 56.0 Å². The molecule has 1 aromatic heterocycles. The molecule has 29 heavy (non-hydrogen) atoms. The van der Waals surface area contributed by atoms with Gasteiger partial charge in [0.2, 0.25) is 5.91 Å². The molecular weight excluding hydrogens is 386 g/mol. The number of ether oxygens (including phenoxy) is 1. The summed E-state index contributed by atoms with van der Waals surface area (Å²) < 4.78 is 8.79. The van der Waals surface area contributed by atoms with E-state index in [0.29, 0.717) is 12.5 Å². The molecule has 1 aromatic carbocycles. The lowest BCUT2D eigenvalue weighted by molar-refractivity contribution is -0.142. The topological polar surface area (TPSA) is 46.5 Å². The van der Waals surface area contributed by atoms with Gasteiger partial charge >= 0.3 is 0 Å². The maximum Gasteiger partial charge on any atom is 0.225 e. The maximum atomic E-state index is 12.6. The summed E-state index contributed by atoms with van der Waals surface area (Å²) in [5.74, 6) is 0.650. The third-order valence-electron chi connectivity index (χ3n) is 7.52. The number of carbonyl (C=O) groups excluding carboxylic acids is 1. The summed E-state index contributed by atoms with van der Waals surface area (Å²) in [5.41, 5.74) is 3.02. The molecule has 1 atom stereocenters. The number of amides is 1. The minimum atomic E-state index is -0.249. The zero-order chi connectivity index (χ0) is 19.6. The van der Waals surface area contributed by atoms with Gasteiger partial charge < -0.3 is 19.5 Å². The van der Waals surface area contributed by atoms with Gasteiger partial charge in [-0.3, -0.25) is 4.79 Å². The third-order valence-corrected chi connectivity index (χ3v) is 7.76. The Morgan fingerprint density at radius 1 is 1.21 bits per heavy atom. The van der Waals surface area contributed by atoms with Crippen LogP contribution < -0.4 is 5.32 Å². The third kappa shape index (κ3) is 2.67. The second-order valence-corrected chi connectivity index (χ2v) is 9.67. The fourth-order valence-electron chi connectivity index (χ4n) is 5.66. The maximum absolute atomic E-state index is 12.6. The van der Waals surface area contributed by atoms with E-state index in [1.807, 2.05) is 12.1 Å². The van der Waals surface area contributed by atoms with Crippen molar-refractivity contribution in [3.63, 3.8) is 0 Å². The van der Waals surface area contributed by atoms with E-state index in [-0.39, 0.29) is 17.1 Å². The van der Waals surface area contributed by atoms with Gasteiger partial charge in [0, 0.05) is 36.6 Å². The van der Waals surface area contributed by atoms with Crippen LogP contribution in [0.5, 0.6) is 0 Å². The molecule has 1 aliphatic carbocycles. The Morgan fingerprint density at radius 3 is 2.79 bits per heavy atom. The second-order valence-electron chi connectivity index (χ2n) is 9.23. The van der Waals surface area contributed by atoms with Crippen molar-refractivity contribution in [1.29, 1.82) is 0 Å². The van der Waals surface area contributed by atoms with Gasteiger partial charge in [0.1, 0.15) is 5.54 Å². The highest BCUT2D eigenvalue weighted by Crippen LogP contribution is 2.50. The molecule has 1 N–H and O–H groups in total. The molecule has 2 saturated heterocycles. The first-order chi connectivity index (χ1) is 14.1. The van der Waals surface area contributed by atoms with Gasteiger partial charge in [0.05, 0.1) is 29.3 Å². The number of carbonyl (C=O) groups is 1. The van der Waals surface area contributed by atoms with Crippen molar-refractivity contribution in [1.82, 2.24) is 9.47 Å². The minimum absolute atomic E-state index is 0.158. The fourth-order valence-corrected chi connectivity index (χ4v) is 5.84. The Bertz CT molecular complexity index is 974. The quantitative estimate of drug-likeness (QED) is 0.759. The van der Waals surface area contributed by atoms with Crippen LogP contribution >= 0.6 is 11.6 Å². The lowest BCUT2D eigenvalue weighted by atomic mass is 9.78. The number of hydrogen-bond donors (Lipinski definition) is 1. The average molecular weight is 412 g/mol. The van der Waals surface area contributed by atoms with E-state index < -0.39 is 0 Å². The number of piperidine rings is 1. The first-order valence-electron chi connectivity index (χ1n) is 10.8. The van der Waals surface area contributed by atoms with Crippen LogP contribution in [0.25, 0.3) is 5.69 Å². The molecule has 6 heteroatoms. The molecular formula is C23H26ClN3O2. The van der Waals surface area contributed by atoms with Crippen molar-refractivity contribution in [2.45, 2.75) is 49.7 Å².